The summed E-state index contributed by atoms with van der Waals surface area (Å²) in [4.78, 5) is 23.3. The third-order valence-electron chi connectivity index (χ3n) is 2.73. The number of nitrogens with zero attached hydrogens (tertiary/aromatic N) is 1. The van der Waals surface area contributed by atoms with Gasteiger partial charge in [0.2, 0.25) is 0 Å². The number of carbonyl (C=O) groups is 2. The predicted octanol–water partition coefficient (Wildman–Crippen LogP) is 2.90. The molecule has 0 spiro atoms. The Morgan fingerprint density at radius 2 is 1.81 bits per heavy atom. The van der Waals surface area contributed by atoms with E-state index in [-0.39, 0.29) is 11.3 Å². The van der Waals surface area contributed by atoms with Gasteiger partial charge in [-0.3, -0.25) is 5.21 Å². The fraction of sp³-hybridized carbons (Fsp3) is 0.0667. The fourth-order valence-corrected chi connectivity index (χ4v) is 1.70. The van der Waals surface area contributed by atoms with Crippen molar-refractivity contribution >= 4 is 23.4 Å². The van der Waals surface area contributed by atoms with E-state index in [0.29, 0.717) is 10.8 Å². The lowest BCUT2D eigenvalue weighted by molar-refractivity contribution is 0.0600. The van der Waals surface area contributed by atoms with Crippen LogP contribution in [-0.4, -0.2) is 24.3 Å². The molecule has 2 aromatic carbocycles. The molecule has 2 N–H and O–H groups in total. The molecule has 2 aromatic rings. The van der Waals surface area contributed by atoms with E-state index < -0.39 is 12.0 Å². The van der Waals surface area contributed by atoms with E-state index in [1.807, 2.05) is 6.07 Å². The SMILES string of the molecule is COC(=O)c1cccc(N(O)C(=O)Nc2ccccc2)c1. The number of para-hydroxylation sites is 1. The van der Waals surface area contributed by atoms with E-state index in [0.717, 1.165) is 0 Å². The van der Waals surface area contributed by atoms with Gasteiger partial charge in [-0.05, 0) is 30.3 Å². The molecule has 0 saturated carbocycles. The highest BCUT2D eigenvalue weighted by Gasteiger charge is 2.15. The highest BCUT2D eigenvalue weighted by molar-refractivity contribution is 6.00. The van der Waals surface area contributed by atoms with Crippen LogP contribution in [0.1, 0.15) is 10.4 Å². The number of hydrogen-bond acceptors (Lipinski definition) is 4. The maximum Gasteiger partial charge on any atom is 0.350 e. The monoisotopic (exact) mass is 286 g/mol. The third kappa shape index (κ3) is 3.58. The van der Waals surface area contributed by atoms with Gasteiger partial charge in [0.25, 0.3) is 0 Å². The minimum Gasteiger partial charge on any atom is -0.465 e. The number of nitrogens with one attached hydrogen (secondary N) is 1. The number of amides is 2. The van der Waals surface area contributed by atoms with Gasteiger partial charge in [-0.15, -0.1) is 0 Å². The number of benzene rings is 2. The van der Waals surface area contributed by atoms with Crippen molar-refractivity contribution < 1.29 is 19.5 Å². The van der Waals surface area contributed by atoms with Crippen molar-refractivity contribution in [3.05, 3.63) is 60.2 Å². The molecule has 0 aromatic heterocycles. The van der Waals surface area contributed by atoms with E-state index in [1.54, 1.807) is 30.3 Å². The minimum absolute atomic E-state index is 0.159. The largest absolute Gasteiger partial charge is 0.465 e. The first-order valence-corrected chi connectivity index (χ1v) is 6.15. The summed E-state index contributed by atoms with van der Waals surface area (Å²) in [6, 6.07) is 13.9. The molecule has 0 fully saturated rings. The van der Waals surface area contributed by atoms with Crippen molar-refractivity contribution in [2.45, 2.75) is 0 Å². The average molecular weight is 286 g/mol. The summed E-state index contributed by atoms with van der Waals surface area (Å²) < 4.78 is 4.59. The lowest BCUT2D eigenvalue weighted by atomic mass is 10.2. The van der Waals surface area contributed by atoms with Crippen molar-refractivity contribution in [1.82, 2.24) is 0 Å². The maximum absolute atomic E-state index is 11.9. The molecule has 0 bridgehead atoms. The van der Waals surface area contributed by atoms with Crippen LogP contribution >= 0.6 is 0 Å². The number of ether oxygens (including phenoxy) is 1. The Morgan fingerprint density at radius 1 is 1.10 bits per heavy atom. The molecule has 0 heterocycles. The molecular formula is C15H14N2O4. The third-order valence-corrected chi connectivity index (χ3v) is 2.73. The van der Waals surface area contributed by atoms with Crippen LogP contribution in [0.5, 0.6) is 0 Å². The molecule has 6 heteroatoms. The topological polar surface area (TPSA) is 78.9 Å². The lowest BCUT2D eigenvalue weighted by Crippen LogP contribution is -2.31. The molecule has 21 heavy (non-hydrogen) atoms. The Morgan fingerprint density at radius 3 is 2.48 bits per heavy atom. The molecule has 0 unspecified atom stereocenters. The number of esters is 1. The quantitative estimate of drug-likeness (QED) is 0.516. The molecule has 108 valence electrons. The van der Waals surface area contributed by atoms with E-state index in [2.05, 4.69) is 10.1 Å². The van der Waals surface area contributed by atoms with Gasteiger partial charge < -0.3 is 10.1 Å². The Balaban J connectivity index is 2.14. The summed E-state index contributed by atoms with van der Waals surface area (Å²) in [5, 5.41) is 12.9. The Hall–Kier alpha value is -2.86. The van der Waals surface area contributed by atoms with Crippen LogP contribution in [0.3, 0.4) is 0 Å². The van der Waals surface area contributed by atoms with Gasteiger partial charge in [-0.25, -0.2) is 9.59 Å². The van der Waals surface area contributed by atoms with Gasteiger partial charge in [0, 0.05) is 5.69 Å². The Kier molecular flexibility index (Phi) is 4.53. The van der Waals surface area contributed by atoms with E-state index >= 15 is 0 Å². The summed E-state index contributed by atoms with van der Waals surface area (Å²) in [6.45, 7) is 0. The Bertz CT molecular complexity index is 643. The van der Waals surface area contributed by atoms with Crippen molar-refractivity contribution in [3.8, 4) is 0 Å². The fourth-order valence-electron chi connectivity index (χ4n) is 1.70. The number of anilines is 2. The minimum atomic E-state index is -0.733. The van der Waals surface area contributed by atoms with Gasteiger partial charge in [0.15, 0.2) is 0 Å². The van der Waals surface area contributed by atoms with Gasteiger partial charge in [-0.1, -0.05) is 24.3 Å². The number of hydroxylamine groups is 1. The normalized spacial score (nSPS) is 9.81. The van der Waals surface area contributed by atoms with Gasteiger partial charge in [0.1, 0.15) is 0 Å². The van der Waals surface area contributed by atoms with Gasteiger partial charge >= 0.3 is 12.0 Å². The molecule has 0 atom stereocenters. The standard InChI is InChI=1S/C15H14N2O4/c1-21-14(18)11-6-5-9-13(10-11)17(20)15(19)16-12-7-3-2-4-8-12/h2-10,20H,1H3,(H,16,19). The zero-order chi connectivity index (χ0) is 15.2. The number of methoxy groups -OCH3 is 1. The second-order valence-corrected chi connectivity index (χ2v) is 4.15. The van der Waals surface area contributed by atoms with Gasteiger partial charge in [-0.2, -0.15) is 5.06 Å². The second kappa shape index (κ2) is 6.53. The zero-order valence-electron chi connectivity index (χ0n) is 11.3. The van der Waals surface area contributed by atoms with Crippen LogP contribution in [0.15, 0.2) is 54.6 Å². The summed E-state index contributed by atoms with van der Waals surface area (Å²) in [6.07, 6.45) is 0. The molecule has 2 rings (SSSR count). The van der Waals surface area contributed by atoms with Crippen LogP contribution in [0.4, 0.5) is 16.2 Å². The summed E-state index contributed by atoms with van der Waals surface area (Å²) in [5.41, 5.74) is 0.943. The number of urea groups is 1. The van der Waals surface area contributed by atoms with E-state index in [9.17, 15) is 14.8 Å². The van der Waals surface area contributed by atoms with Crippen molar-refractivity contribution in [1.29, 1.82) is 0 Å². The summed E-state index contributed by atoms with van der Waals surface area (Å²) in [5.74, 6) is -0.547. The average Bonchev–Trinajstić information content (AvgIpc) is 2.54. The predicted molar refractivity (Wildman–Crippen MR) is 77.5 cm³/mol. The van der Waals surface area contributed by atoms with Crippen LogP contribution < -0.4 is 10.4 Å². The highest BCUT2D eigenvalue weighted by Crippen LogP contribution is 2.17. The highest BCUT2D eigenvalue weighted by atomic mass is 16.5. The summed E-state index contributed by atoms with van der Waals surface area (Å²) in [7, 11) is 1.26. The smallest absolute Gasteiger partial charge is 0.350 e. The molecule has 0 saturated heterocycles. The van der Waals surface area contributed by atoms with E-state index in [1.165, 1.54) is 25.3 Å². The van der Waals surface area contributed by atoms with Crippen LogP contribution in [0.2, 0.25) is 0 Å². The molecular weight excluding hydrogens is 272 g/mol. The maximum atomic E-state index is 11.9. The van der Waals surface area contributed by atoms with Crippen LogP contribution in [0.25, 0.3) is 0 Å². The zero-order valence-corrected chi connectivity index (χ0v) is 11.3. The first-order chi connectivity index (χ1) is 10.1. The van der Waals surface area contributed by atoms with Crippen LogP contribution in [-0.2, 0) is 4.74 Å². The Labute approximate surface area is 121 Å². The van der Waals surface area contributed by atoms with E-state index in [4.69, 9.17) is 0 Å². The van der Waals surface area contributed by atoms with Crippen molar-refractivity contribution in [3.63, 3.8) is 0 Å². The van der Waals surface area contributed by atoms with Crippen molar-refractivity contribution in [2.75, 3.05) is 17.5 Å². The van der Waals surface area contributed by atoms with Crippen molar-refractivity contribution in [2.24, 2.45) is 0 Å². The number of hydrogen-bond donors (Lipinski definition) is 2. The molecule has 0 aliphatic carbocycles. The molecule has 0 radical (unpaired) electrons. The molecule has 0 aliphatic rings. The molecule has 6 nitrogen and oxygen atoms in total. The molecule has 2 amide bonds. The first kappa shape index (κ1) is 14.5. The summed E-state index contributed by atoms with van der Waals surface area (Å²) >= 11 is 0. The number of rotatable bonds is 3. The number of carbonyl (C=O) groups excluding carboxylic acids is 2. The first-order valence-electron chi connectivity index (χ1n) is 6.15. The second-order valence-electron chi connectivity index (χ2n) is 4.15. The van der Waals surface area contributed by atoms with Gasteiger partial charge in [0.05, 0.1) is 18.4 Å². The molecule has 0 aliphatic heterocycles. The van der Waals surface area contributed by atoms with Crippen LogP contribution in [0, 0.1) is 0 Å². The lowest BCUT2D eigenvalue weighted by Gasteiger charge is -2.16.